The molecule has 3 rings (SSSR count). The van der Waals surface area contributed by atoms with Gasteiger partial charge in [-0.15, -0.1) is 0 Å². The van der Waals surface area contributed by atoms with E-state index < -0.39 is 0 Å². The van der Waals surface area contributed by atoms with Gasteiger partial charge in [0.25, 0.3) is 0 Å². The predicted molar refractivity (Wildman–Crippen MR) is 79.4 cm³/mol. The summed E-state index contributed by atoms with van der Waals surface area (Å²) in [6.45, 7) is 0. The van der Waals surface area contributed by atoms with Crippen LogP contribution in [0.4, 0.5) is 0 Å². The van der Waals surface area contributed by atoms with Crippen LogP contribution in [0, 0.1) is 5.92 Å². The first-order valence-corrected chi connectivity index (χ1v) is 7.57. The molecule has 2 unspecified atom stereocenters. The first-order chi connectivity index (χ1) is 8.90. The van der Waals surface area contributed by atoms with E-state index in [9.17, 15) is 0 Å². The highest BCUT2D eigenvalue weighted by atomic mass is 32.2. The molecule has 3 N–H and O–H groups in total. The van der Waals surface area contributed by atoms with Gasteiger partial charge in [-0.3, -0.25) is 11.3 Å². The predicted octanol–water partition coefficient (Wildman–Crippen LogP) is 3.10. The van der Waals surface area contributed by atoms with Crippen LogP contribution >= 0.6 is 11.8 Å². The van der Waals surface area contributed by atoms with Crippen LogP contribution in [0.2, 0.25) is 0 Å². The molecule has 1 heterocycles. The highest BCUT2D eigenvalue weighted by molar-refractivity contribution is 7.99. The topological polar surface area (TPSA) is 38.0 Å². The summed E-state index contributed by atoms with van der Waals surface area (Å²) in [4.78, 5) is 0. The van der Waals surface area contributed by atoms with Gasteiger partial charge in [-0.1, -0.05) is 42.5 Å². The highest BCUT2D eigenvalue weighted by Gasteiger charge is 2.26. The third-order valence-electron chi connectivity index (χ3n) is 3.77. The Morgan fingerprint density at radius 2 is 2.00 bits per heavy atom. The quantitative estimate of drug-likeness (QED) is 0.656. The van der Waals surface area contributed by atoms with E-state index >= 15 is 0 Å². The summed E-state index contributed by atoms with van der Waals surface area (Å²) in [5.74, 6) is 8.92. The Labute approximate surface area is 112 Å². The molecular formula is C15H18N2S. The maximum absolute atomic E-state index is 5.82. The van der Waals surface area contributed by atoms with Crippen molar-refractivity contribution in [1.29, 1.82) is 0 Å². The minimum atomic E-state index is 0.270. The monoisotopic (exact) mass is 258 g/mol. The average Bonchev–Trinajstić information content (AvgIpc) is 2.94. The maximum atomic E-state index is 5.82. The number of rotatable bonds is 3. The van der Waals surface area contributed by atoms with E-state index in [4.69, 9.17) is 5.84 Å². The maximum Gasteiger partial charge on any atom is 0.0502 e. The van der Waals surface area contributed by atoms with Crippen LogP contribution < -0.4 is 11.3 Å². The SMILES string of the molecule is NNC(c1cccc2ccccc12)C1CCSC1. The van der Waals surface area contributed by atoms with Crippen molar-refractivity contribution in [3.63, 3.8) is 0 Å². The van der Waals surface area contributed by atoms with Crippen LogP contribution in [0.25, 0.3) is 10.8 Å². The molecular weight excluding hydrogens is 240 g/mol. The number of benzene rings is 2. The number of nitrogens with one attached hydrogen (secondary N) is 1. The number of fused-ring (bicyclic) bond motifs is 1. The molecule has 3 heteroatoms. The Balaban J connectivity index is 2.06. The molecule has 18 heavy (non-hydrogen) atoms. The molecule has 1 aliphatic rings. The lowest BCUT2D eigenvalue weighted by Crippen LogP contribution is -2.33. The molecule has 2 nitrogen and oxygen atoms in total. The number of thioether (sulfide) groups is 1. The Hall–Kier alpha value is -1.03. The zero-order chi connectivity index (χ0) is 12.4. The van der Waals surface area contributed by atoms with Gasteiger partial charge in [-0.25, -0.2) is 0 Å². The van der Waals surface area contributed by atoms with Gasteiger partial charge in [-0.05, 0) is 40.2 Å². The summed E-state index contributed by atoms with van der Waals surface area (Å²) in [7, 11) is 0. The minimum Gasteiger partial charge on any atom is -0.271 e. The molecule has 2 aromatic rings. The zero-order valence-corrected chi connectivity index (χ0v) is 11.1. The Morgan fingerprint density at radius 3 is 2.78 bits per heavy atom. The van der Waals surface area contributed by atoms with Gasteiger partial charge in [0.1, 0.15) is 0 Å². The van der Waals surface area contributed by atoms with E-state index in [2.05, 4.69) is 47.9 Å². The summed E-state index contributed by atoms with van der Waals surface area (Å²) in [5.41, 5.74) is 4.38. The summed E-state index contributed by atoms with van der Waals surface area (Å²) in [6, 6.07) is 15.3. The van der Waals surface area contributed by atoms with Crippen molar-refractivity contribution < 1.29 is 0 Å². The number of hydrogen-bond donors (Lipinski definition) is 2. The lowest BCUT2D eigenvalue weighted by Gasteiger charge is -2.24. The van der Waals surface area contributed by atoms with Crippen LogP contribution in [0.15, 0.2) is 42.5 Å². The molecule has 2 atom stereocenters. The number of nitrogens with two attached hydrogens (primary N) is 1. The molecule has 0 amide bonds. The summed E-state index contributed by atoms with van der Waals surface area (Å²) < 4.78 is 0. The second-order valence-corrected chi connectivity index (χ2v) is 5.99. The van der Waals surface area contributed by atoms with Crippen molar-refractivity contribution in [2.75, 3.05) is 11.5 Å². The molecule has 1 saturated heterocycles. The van der Waals surface area contributed by atoms with Crippen LogP contribution in [-0.2, 0) is 0 Å². The fourth-order valence-corrected chi connectivity index (χ4v) is 4.12. The Kier molecular flexibility index (Phi) is 3.55. The smallest absolute Gasteiger partial charge is 0.0502 e. The number of hydrogen-bond acceptors (Lipinski definition) is 3. The normalized spacial score (nSPS) is 21.3. The largest absolute Gasteiger partial charge is 0.271 e. The van der Waals surface area contributed by atoms with Gasteiger partial charge in [0.05, 0.1) is 6.04 Å². The van der Waals surface area contributed by atoms with Gasteiger partial charge in [0.2, 0.25) is 0 Å². The van der Waals surface area contributed by atoms with E-state index in [1.54, 1.807) is 0 Å². The number of hydrazine groups is 1. The Bertz CT molecular complexity index is 530. The van der Waals surface area contributed by atoms with E-state index in [0.717, 1.165) is 0 Å². The molecule has 0 aliphatic carbocycles. The van der Waals surface area contributed by atoms with Crippen molar-refractivity contribution in [3.8, 4) is 0 Å². The average molecular weight is 258 g/mol. The highest BCUT2D eigenvalue weighted by Crippen LogP contribution is 2.36. The van der Waals surface area contributed by atoms with Gasteiger partial charge >= 0.3 is 0 Å². The Morgan fingerprint density at radius 1 is 1.17 bits per heavy atom. The van der Waals surface area contributed by atoms with Gasteiger partial charge < -0.3 is 0 Å². The first-order valence-electron chi connectivity index (χ1n) is 6.41. The summed E-state index contributed by atoms with van der Waals surface area (Å²) >= 11 is 2.03. The van der Waals surface area contributed by atoms with Gasteiger partial charge in [-0.2, -0.15) is 11.8 Å². The van der Waals surface area contributed by atoms with Crippen molar-refractivity contribution in [2.45, 2.75) is 12.5 Å². The molecule has 0 spiro atoms. The first kappa shape index (κ1) is 12.0. The fraction of sp³-hybridized carbons (Fsp3) is 0.333. The van der Waals surface area contributed by atoms with Crippen molar-refractivity contribution in [2.24, 2.45) is 11.8 Å². The third kappa shape index (κ3) is 2.14. The minimum absolute atomic E-state index is 0.270. The zero-order valence-electron chi connectivity index (χ0n) is 10.3. The summed E-state index contributed by atoms with van der Waals surface area (Å²) in [5, 5.41) is 2.61. The van der Waals surface area contributed by atoms with Crippen LogP contribution in [0.5, 0.6) is 0 Å². The fourth-order valence-electron chi connectivity index (χ4n) is 2.82. The van der Waals surface area contributed by atoms with Crippen LogP contribution in [0.3, 0.4) is 0 Å². The molecule has 1 aliphatic heterocycles. The third-order valence-corrected chi connectivity index (χ3v) is 4.96. The lowest BCUT2D eigenvalue weighted by molar-refractivity contribution is 0.403. The van der Waals surface area contributed by atoms with Crippen molar-refractivity contribution in [1.82, 2.24) is 5.43 Å². The standard InChI is InChI=1S/C15H18N2S/c16-17-15(12-8-9-18-10-12)14-7-3-5-11-4-1-2-6-13(11)14/h1-7,12,15,17H,8-10,16H2. The van der Waals surface area contributed by atoms with Crippen molar-refractivity contribution >= 4 is 22.5 Å². The summed E-state index contributed by atoms with van der Waals surface area (Å²) in [6.07, 6.45) is 1.25. The molecule has 0 aromatic heterocycles. The van der Waals surface area contributed by atoms with Crippen LogP contribution in [0.1, 0.15) is 18.0 Å². The second-order valence-electron chi connectivity index (χ2n) is 4.84. The van der Waals surface area contributed by atoms with E-state index in [1.807, 2.05) is 11.8 Å². The van der Waals surface area contributed by atoms with Gasteiger partial charge in [0.15, 0.2) is 0 Å². The van der Waals surface area contributed by atoms with E-state index in [1.165, 1.54) is 34.3 Å². The molecule has 0 bridgehead atoms. The second kappa shape index (κ2) is 5.31. The molecule has 2 aromatic carbocycles. The van der Waals surface area contributed by atoms with E-state index in [-0.39, 0.29) is 6.04 Å². The van der Waals surface area contributed by atoms with Crippen LogP contribution in [-0.4, -0.2) is 11.5 Å². The molecule has 0 radical (unpaired) electrons. The lowest BCUT2D eigenvalue weighted by atomic mass is 9.89. The molecule has 94 valence electrons. The molecule has 0 saturated carbocycles. The van der Waals surface area contributed by atoms with Crippen molar-refractivity contribution in [3.05, 3.63) is 48.0 Å². The van der Waals surface area contributed by atoms with E-state index in [0.29, 0.717) is 5.92 Å². The van der Waals surface area contributed by atoms with Gasteiger partial charge in [0, 0.05) is 0 Å². The molecule has 1 fully saturated rings.